The Hall–Kier alpha value is -1.92. The maximum Gasteiger partial charge on any atom is 0.225 e. The highest BCUT2D eigenvalue weighted by molar-refractivity contribution is 5.88. The topological polar surface area (TPSA) is 85.1 Å². The molecule has 6 heteroatoms. The van der Waals surface area contributed by atoms with E-state index in [0.717, 1.165) is 37.1 Å². The Balaban J connectivity index is 1.45. The number of benzene rings is 1. The molecule has 6 nitrogen and oxygen atoms in total. The first-order valence-corrected chi connectivity index (χ1v) is 7.39. The fourth-order valence-electron chi connectivity index (χ4n) is 3.29. The van der Waals surface area contributed by atoms with Gasteiger partial charge in [0.2, 0.25) is 5.95 Å². The molecule has 1 aromatic heterocycles. The smallest absolute Gasteiger partial charge is 0.225 e. The highest BCUT2D eigenvalue weighted by Gasteiger charge is 2.37. The number of nitrogen functional groups attached to an aromatic ring is 1. The number of hydrogen-bond acceptors (Lipinski definition) is 6. The van der Waals surface area contributed by atoms with Gasteiger partial charge in [0.25, 0.3) is 0 Å². The second kappa shape index (κ2) is 5.13. The third-order valence-electron chi connectivity index (χ3n) is 4.37. The van der Waals surface area contributed by atoms with Crippen LogP contribution in [0.4, 0.5) is 11.8 Å². The van der Waals surface area contributed by atoms with E-state index in [2.05, 4.69) is 20.6 Å². The lowest BCUT2D eigenvalue weighted by Gasteiger charge is -2.14. The molecule has 2 aromatic rings. The van der Waals surface area contributed by atoms with Crippen LogP contribution >= 0.6 is 0 Å². The number of rotatable bonds is 3. The zero-order valence-corrected chi connectivity index (χ0v) is 11.7. The summed E-state index contributed by atoms with van der Waals surface area (Å²) in [6.45, 7) is 2.53. The molecular weight excluding hydrogens is 266 g/mol. The lowest BCUT2D eigenvalue weighted by atomic mass is 10.0. The van der Waals surface area contributed by atoms with Crippen LogP contribution in [-0.4, -0.2) is 41.8 Å². The number of ether oxygens (including phenoxy) is 1. The van der Waals surface area contributed by atoms with Gasteiger partial charge in [0, 0.05) is 29.9 Å². The molecule has 110 valence electrons. The number of nitrogens with one attached hydrogen (secondary N) is 2. The van der Waals surface area contributed by atoms with E-state index in [-0.39, 0.29) is 0 Å². The number of nitrogens with zero attached hydrogens (tertiary/aromatic N) is 2. The van der Waals surface area contributed by atoms with Crippen molar-refractivity contribution in [3.8, 4) is 0 Å². The van der Waals surface area contributed by atoms with E-state index in [0.29, 0.717) is 29.8 Å². The van der Waals surface area contributed by atoms with E-state index in [1.807, 2.05) is 24.3 Å². The van der Waals surface area contributed by atoms with Crippen molar-refractivity contribution in [2.45, 2.75) is 18.5 Å². The summed E-state index contributed by atoms with van der Waals surface area (Å²) in [6, 6.07) is 8.75. The van der Waals surface area contributed by atoms with Crippen molar-refractivity contribution in [1.29, 1.82) is 0 Å². The maximum absolute atomic E-state index is 5.99. The van der Waals surface area contributed by atoms with E-state index in [9.17, 15) is 0 Å². The van der Waals surface area contributed by atoms with Crippen molar-refractivity contribution >= 4 is 22.7 Å². The molecule has 0 saturated carbocycles. The van der Waals surface area contributed by atoms with Crippen LogP contribution in [0.25, 0.3) is 10.9 Å². The molecular formula is C15H19N5O. The van der Waals surface area contributed by atoms with Gasteiger partial charge in [-0.3, -0.25) is 0 Å². The molecule has 0 bridgehead atoms. The zero-order valence-electron chi connectivity index (χ0n) is 11.7. The molecule has 4 rings (SSSR count). The number of nitrogens with two attached hydrogens (primary N) is 1. The summed E-state index contributed by atoms with van der Waals surface area (Å²) in [5.74, 6) is 1.77. The third kappa shape index (κ3) is 2.41. The van der Waals surface area contributed by atoms with E-state index in [4.69, 9.17) is 10.5 Å². The fourth-order valence-corrected chi connectivity index (χ4v) is 3.29. The van der Waals surface area contributed by atoms with E-state index < -0.39 is 0 Å². The molecule has 3 unspecified atom stereocenters. The number of hydrogen-bond donors (Lipinski definition) is 3. The van der Waals surface area contributed by atoms with Crippen LogP contribution in [0.1, 0.15) is 6.42 Å². The molecule has 4 N–H and O–H groups in total. The summed E-state index contributed by atoms with van der Waals surface area (Å²) in [5, 5.41) is 7.80. The largest absolute Gasteiger partial charge is 0.383 e. The van der Waals surface area contributed by atoms with Gasteiger partial charge in [0.15, 0.2) is 0 Å². The summed E-state index contributed by atoms with van der Waals surface area (Å²) in [5.41, 5.74) is 6.86. The Morgan fingerprint density at radius 1 is 1.29 bits per heavy atom. The average molecular weight is 285 g/mol. The van der Waals surface area contributed by atoms with Crippen LogP contribution in [0, 0.1) is 5.92 Å². The van der Waals surface area contributed by atoms with Crippen molar-refractivity contribution in [2.75, 3.05) is 30.8 Å². The number of fused-ring (bicyclic) bond motifs is 2. The van der Waals surface area contributed by atoms with Crippen molar-refractivity contribution in [3.63, 3.8) is 0 Å². The summed E-state index contributed by atoms with van der Waals surface area (Å²) in [4.78, 5) is 8.85. The van der Waals surface area contributed by atoms with Crippen molar-refractivity contribution in [3.05, 3.63) is 24.3 Å². The lowest BCUT2D eigenvalue weighted by molar-refractivity contribution is 0.173. The van der Waals surface area contributed by atoms with Crippen LogP contribution in [0.5, 0.6) is 0 Å². The van der Waals surface area contributed by atoms with Gasteiger partial charge in [0.1, 0.15) is 5.82 Å². The minimum absolute atomic E-state index is 0.445. The second-order valence-corrected chi connectivity index (χ2v) is 5.83. The van der Waals surface area contributed by atoms with Crippen LogP contribution in [0.3, 0.4) is 0 Å². The van der Waals surface area contributed by atoms with Gasteiger partial charge in [-0.15, -0.1) is 0 Å². The minimum atomic E-state index is 0.445. The first kappa shape index (κ1) is 12.8. The van der Waals surface area contributed by atoms with Crippen LogP contribution < -0.4 is 16.4 Å². The molecule has 3 heterocycles. The van der Waals surface area contributed by atoms with Gasteiger partial charge in [-0.25, -0.2) is 4.98 Å². The second-order valence-electron chi connectivity index (χ2n) is 5.83. The lowest BCUT2D eigenvalue weighted by Crippen LogP contribution is -2.36. The van der Waals surface area contributed by atoms with Gasteiger partial charge in [0.05, 0.1) is 18.7 Å². The SMILES string of the molecule is Nc1nc(NCC2CC3COCC3N2)nc2ccccc12. The predicted octanol–water partition coefficient (Wildman–Crippen LogP) is 1.00. The normalized spacial score (nSPS) is 27.9. The Morgan fingerprint density at radius 2 is 2.19 bits per heavy atom. The third-order valence-corrected chi connectivity index (χ3v) is 4.37. The van der Waals surface area contributed by atoms with Crippen molar-refractivity contribution in [1.82, 2.24) is 15.3 Å². The molecule has 2 saturated heterocycles. The van der Waals surface area contributed by atoms with E-state index in [1.54, 1.807) is 0 Å². The molecule has 2 aliphatic heterocycles. The van der Waals surface area contributed by atoms with Gasteiger partial charge in [-0.1, -0.05) is 12.1 Å². The molecule has 0 radical (unpaired) electrons. The standard InChI is InChI=1S/C15H19N5O/c16-14-11-3-1-2-4-12(11)19-15(20-14)17-6-10-5-9-7-21-8-13(9)18-10/h1-4,9-10,13,18H,5-8H2,(H3,16,17,19,20). The summed E-state index contributed by atoms with van der Waals surface area (Å²) in [7, 11) is 0. The van der Waals surface area contributed by atoms with Gasteiger partial charge >= 0.3 is 0 Å². The molecule has 1 aromatic carbocycles. The molecule has 21 heavy (non-hydrogen) atoms. The Labute approximate surface area is 123 Å². The molecule has 0 amide bonds. The summed E-state index contributed by atoms with van der Waals surface area (Å²) < 4.78 is 5.46. The summed E-state index contributed by atoms with van der Waals surface area (Å²) in [6.07, 6.45) is 1.14. The van der Waals surface area contributed by atoms with Gasteiger partial charge < -0.3 is 21.1 Å². The van der Waals surface area contributed by atoms with Crippen LogP contribution in [0.15, 0.2) is 24.3 Å². The first-order valence-electron chi connectivity index (χ1n) is 7.39. The van der Waals surface area contributed by atoms with Crippen molar-refractivity contribution < 1.29 is 4.74 Å². The molecule has 0 spiro atoms. The molecule has 2 aliphatic rings. The highest BCUT2D eigenvalue weighted by Crippen LogP contribution is 2.26. The van der Waals surface area contributed by atoms with Crippen LogP contribution in [-0.2, 0) is 4.74 Å². The van der Waals surface area contributed by atoms with Gasteiger partial charge in [-0.05, 0) is 18.6 Å². The predicted molar refractivity (Wildman–Crippen MR) is 82.1 cm³/mol. The van der Waals surface area contributed by atoms with E-state index in [1.165, 1.54) is 0 Å². The Morgan fingerprint density at radius 3 is 3.10 bits per heavy atom. The number of para-hydroxylation sites is 1. The molecule has 3 atom stereocenters. The molecule has 2 fully saturated rings. The zero-order chi connectivity index (χ0) is 14.2. The van der Waals surface area contributed by atoms with Crippen LogP contribution in [0.2, 0.25) is 0 Å². The molecule has 0 aliphatic carbocycles. The maximum atomic E-state index is 5.99. The number of anilines is 2. The number of aromatic nitrogens is 2. The average Bonchev–Trinajstić information content (AvgIpc) is 3.06. The first-order chi connectivity index (χ1) is 10.3. The quantitative estimate of drug-likeness (QED) is 0.780. The Kier molecular flexibility index (Phi) is 3.12. The Bertz CT molecular complexity index is 650. The monoisotopic (exact) mass is 285 g/mol. The summed E-state index contributed by atoms with van der Waals surface area (Å²) >= 11 is 0. The van der Waals surface area contributed by atoms with Gasteiger partial charge in [-0.2, -0.15) is 4.98 Å². The minimum Gasteiger partial charge on any atom is -0.383 e. The fraction of sp³-hybridized carbons (Fsp3) is 0.467. The van der Waals surface area contributed by atoms with E-state index >= 15 is 0 Å². The highest BCUT2D eigenvalue weighted by atomic mass is 16.5. The van der Waals surface area contributed by atoms with Crippen molar-refractivity contribution in [2.24, 2.45) is 5.92 Å².